The van der Waals surface area contributed by atoms with Crippen LogP contribution in [0.25, 0.3) is 0 Å². The lowest BCUT2D eigenvalue weighted by molar-refractivity contribution is 1.17. The Labute approximate surface area is 101 Å². The summed E-state index contributed by atoms with van der Waals surface area (Å²) in [5.41, 5.74) is 3.04. The summed E-state index contributed by atoms with van der Waals surface area (Å²) in [5, 5.41) is 3.38. The van der Waals surface area contributed by atoms with Gasteiger partial charge in [0.15, 0.2) is 0 Å². The average Bonchev–Trinajstić information content (AvgIpc) is 2.69. The Morgan fingerprint density at radius 2 is 2.21 bits per heavy atom. The Morgan fingerprint density at radius 3 is 2.93 bits per heavy atom. The van der Waals surface area contributed by atoms with Crippen LogP contribution in [0.2, 0.25) is 0 Å². The van der Waals surface area contributed by atoms with Gasteiger partial charge in [-0.3, -0.25) is 4.98 Å². The minimum Gasteiger partial charge on any atom is -0.379 e. The predicted octanol–water partition coefficient (Wildman–Crippen LogP) is 3.36. The SMILES string of the molecule is Ic1ccccc1NCc1cncs1. The van der Waals surface area contributed by atoms with E-state index in [0.717, 1.165) is 6.54 Å². The zero-order valence-electron chi connectivity index (χ0n) is 7.40. The Balaban J connectivity index is 2.02. The summed E-state index contributed by atoms with van der Waals surface area (Å²) in [7, 11) is 0. The number of rotatable bonds is 3. The number of hydrogen-bond donors (Lipinski definition) is 1. The van der Waals surface area contributed by atoms with Crippen LogP contribution >= 0.6 is 33.9 Å². The molecule has 0 saturated heterocycles. The van der Waals surface area contributed by atoms with Crippen LogP contribution in [0, 0.1) is 3.57 Å². The lowest BCUT2D eigenvalue weighted by Gasteiger charge is -2.05. The molecule has 0 amide bonds. The largest absolute Gasteiger partial charge is 0.379 e. The van der Waals surface area contributed by atoms with Gasteiger partial charge in [0.1, 0.15) is 0 Å². The van der Waals surface area contributed by atoms with Crippen molar-refractivity contribution in [2.75, 3.05) is 5.32 Å². The number of para-hydroxylation sites is 1. The van der Waals surface area contributed by atoms with E-state index in [1.165, 1.54) is 14.1 Å². The maximum Gasteiger partial charge on any atom is 0.0794 e. The van der Waals surface area contributed by atoms with Gasteiger partial charge in [-0.15, -0.1) is 11.3 Å². The highest BCUT2D eigenvalue weighted by atomic mass is 127. The van der Waals surface area contributed by atoms with Gasteiger partial charge in [-0.25, -0.2) is 0 Å². The van der Waals surface area contributed by atoms with E-state index in [-0.39, 0.29) is 0 Å². The summed E-state index contributed by atoms with van der Waals surface area (Å²) in [6.45, 7) is 0.852. The van der Waals surface area contributed by atoms with Crippen LogP contribution in [0.1, 0.15) is 4.88 Å². The van der Waals surface area contributed by atoms with Crippen LogP contribution in [0.4, 0.5) is 5.69 Å². The maximum atomic E-state index is 4.03. The monoisotopic (exact) mass is 316 g/mol. The van der Waals surface area contributed by atoms with Crippen LogP contribution in [0.15, 0.2) is 36.0 Å². The Hall–Kier alpha value is -0.620. The van der Waals surface area contributed by atoms with E-state index in [2.05, 4.69) is 45.0 Å². The van der Waals surface area contributed by atoms with E-state index in [9.17, 15) is 0 Å². The lowest BCUT2D eigenvalue weighted by Crippen LogP contribution is -1.98. The second kappa shape index (κ2) is 4.75. The van der Waals surface area contributed by atoms with Crippen molar-refractivity contribution >= 4 is 39.6 Å². The first kappa shape index (κ1) is 9.92. The molecule has 72 valence electrons. The first-order chi connectivity index (χ1) is 6.86. The molecule has 0 saturated carbocycles. The summed E-state index contributed by atoms with van der Waals surface area (Å²) in [4.78, 5) is 5.29. The van der Waals surface area contributed by atoms with E-state index < -0.39 is 0 Å². The number of hydrogen-bond acceptors (Lipinski definition) is 3. The third-order valence-electron chi connectivity index (χ3n) is 1.81. The van der Waals surface area contributed by atoms with Crippen molar-refractivity contribution in [3.8, 4) is 0 Å². The second-order valence-corrected chi connectivity index (χ2v) is 4.93. The summed E-state index contributed by atoms with van der Waals surface area (Å²) in [6.07, 6.45) is 1.90. The maximum absolute atomic E-state index is 4.03. The standard InChI is InChI=1S/C10H9IN2S/c11-9-3-1-2-4-10(9)13-6-8-5-12-7-14-8/h1-5,7,13H,6H2. The molecule has 1 N–H and O–H groups in total. The Morgan fingerprint density at radius 1 is 1.36 bits per heavy atom. The van der Waals surface area contributed by atoms with Gasteiger partial charge < -0.3 is 5.32 Å². The number of nitrogens with one attached hydrogen (secondary N) is 1. The molecule has 0 aliphatic carbocycles. The number of anilines is 1. The first-order valence-corrected chi connectivity index (χ1v) is 6.18. The van der Waals surface area contributed by atoms with Crippen molar-refractivity contribution in [3.63, 3.8) is 0 Å². The number of nitrogens with zero attached hydrogens (tertiary/aromatic N) is 1. The molecule has 2 nitrogen and oxygen atoms in total. The Kier molecular flexibility index (Phi) is 3.36. The zero-order valence-corrected chi connectivity index (χ0v) is 10.4. The highest BCUT2D eigenvalue weighted by Gasteiger charge is 1.98. The number of benzene rings is 1. The van der Waals surface area contributed by atoms with E-state index >= 15 is 0 Å². The molecule has 0 atom stereocenters. The van der Waals surface area contributed by atoms with Crippen molar-refractivity contribution in [1.29, 1.82) is 0 Å². The van der Waals surface area contributed by atoms with Gasteiger partial charge in [-0.1, -0.05) is 12.1 Å². The van der Waals surface area contributed by atoms with Gasteiger partial charge in [0, 0.05) is 20.3 Å². The zero-order chi connectivity index (χ0) is 9.80. The van der Waals surface area contributed by atoms with Gasteiger partial charge in [0.25, 0.3) is 0 Å². The minimum atomic E-state index is 0.852. The predicted molar refractivity (Wildman–Crippen MR) is 68.6 cm³/mol. The van der Waals surface area contributed by atoms with E-state index in [1.54, 1.807) is 11.3 Å². The fourth-order valence-corrected chi connectivity index (χ4v) is 2.23. The molecule has 14 heavy (non-hydrogen) atoms. The van der Waals surface area contributed by atoms with Gasteiger partial charge in [0.2, 0.25) is 0 Å². The summed E-state index contributed by atoms with van der Waals surface area (Å²) in [6, 6.07) is 8.26. The molecule has 1 heterocycles. The molecule has 2 rings (SSSR count). The minimum absolute atomic E-state index is 0.852. The topological polar surface area (TPSA) is 24.9 Å². The van der Waals surface area contributed by atoms with Gasteiger partial charge in [-0.05, 0) is 34.7 Å². The van der Waals surface area contributed by atoms with E-state index in [0.29, 0.717) is 0 Å². The van der Waals surface area contributed by atoms with Crippen molar-refractivity contribution < 1.29 is 0 Å². The third-order valence-corrected chi connectivity index (χ3v) is 3.53. The molecule has 1 aromatic carbocycles. The highest BCUT2D eigenvalue weighted by molar-refractivity contribution is 14.1. The van der Waals surface area contributed by atoms with Crippen molar-refractivity contribution in [3.05, 3.63) is 44.4 Å². The molecule has 0 radical (unpaired) electrons. The van der Waals surface area contributed by atoms with Gasteiger partial charge in [0.05, 0.1) is 12.1 Å². The Bertz CT molecular complexity index is 400. The smallest absolute Gasteiger partial charge is 0.0794 e. The van der Waals surface area contributed by atoms with Crippen LogP contribution in [0.3, 0.4) is 0 Å². The number of halogens is 1. The summed E-state index contributed by atoms with van der Waals surface area (Å²) in [5.74, 6) is 0. The molecule has 2 aromatic rings. The fraction of sp³-hybridized carbons (Fsp3) is 0.100. The van der Waals surface area contributed by atoms with Crippen LogP contribution in [-0.2, 0) is 6.54 Å². The normalized spacial score (nSPS) is 10.1. The van der Waals surface area contributed by atoms with Crippen LogP contribution in [0.5, 0.6) is 0 Å². The number of aromatic nitrogens is 1. The van der Waals surface area contributed by atoms with Crippen molar-refractivity contribution in [2.45, 2.75) is 6.54 Å². The molecule has 0 unspecified atom stereocenters. The van der Waals surface area contributed by atoms with E-state index in [1.807, 2.05) is 23.8 Å². The lowest BCUT2D eigenvalue weighted by atomic mass is 10.3. The van der Waals surface area contributed by atoms with Gasteiger partial charge >= 0.3 is 0 Å². The third kappa shape index (κ3) is 2.45. The summed E-state index contributed by atoms with van der Waals surface area (Å²) < 4.78 is 1.25. The molecule has 0 fully saturated rings. The van der Waals surface area contributed by atoms with Crippen molar-refractivity contribution in [2.24, 2.45) is 0 Å². The molecule has 4 heteroatoms. The quantitative estimate of drug-likeness (QED) is 0.879. The molecule has 0 aliphatic rings. The van der Waals surface area contributed by atoms with Crippen LogP contribution in [-0.4, -0.2) is 4.98 Å². The molecule has 1 aromatic heterocycles. The van der Waals surface area contributed by atoms with Crippen molar-refractivity contribution in [1.82, 2.24) is 4.98 Å². The molecule has 0 aliphatic heterocycles. The number of thiazole rings is 1. The van der Waals surface area contributed by atoms with E-state index in [4.69, 9.17) is 0 Å². The van der Waals surface area contributed by atoms with Crippen LogP contribution < -0.4 is 5.32 Å². The molecule has 0 spiro atoms. The van der Waals surface area contributed by atoms with Gasteiger partial charge in [-0.2, -0.15) is 0 Å². The molecular weight excluding hydrogens is 307 g/mol. The molecule has 0 bridgehead atoms. The first-order valence-electron chi connectivity index (χ1n) is 4.22. The highest BCUT2D eigenvalue weighted by Crippen LogP contribution is 2.18. The summed E-state index contributed by atoms with van der Waals surface area (Å²) >= 11 is 4.00. The second-order valence-electron chi connectivity index (χ2n) is 2.80. The average molecular weight is 316 g/mol. The molecular formula is C10H9IN2S. The fourth-order valence-electron chi connectivity index (χ4n) is 1.12.